The van der Waals surface area contributed by atoms with Crippen LogP contribution in [0, 0.1) is 0 Å². The van der Waals surface area contributed by atoms with E-state index in [0.29, 0.717) is 11.0 Å². The lowest BCUT2D eigenvalue weighted by molar-refractivity contribution is 0.401. The molecule has 0 amide bonds. The smallest absolute Gasteiger partial charge is 0.106 e. The van der Waals surface area contributed by atoms with Crippen LogP contribution in [-0.2, 0) is 0 Å². The lowest BCUT2D eigenvalue weighted by atomic mass is 9.91. The molecule has 0 saturated heterocycles. The van der Waals surface area contributed by atoms with E-state index in [1.165, 1.54) is 19.3 Å². The Labute approximate surface area is 95.3 Å². The van der Waals surface area contributed by atoms with Crippen molar-refractivity contribution in [3.05, 3.63) is 24.0 Å². The molecule has 1 aliphatic rings. The third kappa shape index (κ3) is 1.95. The Hall–Kier alpha value is -1.16. The molecule has 0 radical (unpaired) electrons. The van der Waals surface area contributed by atoms with Crippen LogP contribution in [0.4, 0.5) is 5.69 Å². The lowest BCUT2D eigenvalue weighted by Crippen LogP contribution is -2.38. The lowest BCUT2D eigenvalue weighted by Gasteiger charge is -2.37. The molecule has 0 atom stereocenters. The molecule has 2 N–H and O–H groups in total. The third-order valence-corrected chi connectivity index (χ3v) is 3.29. The molecule has 1 aliphatic carbocycles. The Morgan fingerprint density at radius 1 is 1.60 bits per heavy atom. The van der Waals surface area contributed by atoms with E-state index >= 15 is 0 Å². The van der Waals surface area contributed by atoms with Gasteiger partial charge in [-0.15, -0.1) is 0 Å². The number of pyridine rings is 1. The van der Waals surface area contributed by atoms with Crippen LogP contribution in [0.15, 0.2) is 18.5 Å². The molecule has 0 aliphatic heterocycles. The van der Waals surface area contributed by atoms with Crippen LogP contribution in [0.1, 0.15) is 24.8 Å². The number of hydrogen-bond acceptors (Lipinski definition) is 3. The summed E-state index contributed by atoms with van der Waals surface area (Å²) < 4.78 is 0. The molecule has 1 saturated carbocycles. The maximum absolute atomic E-state index is 5.69. The monoisotopic (exact) mass is 221 g/mol. The maximum atomic E-state index is 5.69. The zero-order chi connectivity index (χ0) is 10.8. The van der Waals surface area contributed by atoms with Crippen molar-refractivity contribution in [2.24, 2.45) is 5.73 Å². The summed E-state index contributed by atoms with van der Waals surface area (Å²) in [6.45, 7) is 0. The fourth-order valence-corrected chi connectivity index (χ4v) is 2.02. The van der Waals surface area contributed by atoms with Crippen LogP contribution < -0.4 is 10.6 Å². The Bertz CT molecular complexity index is 374. The molecule has 1 heterocycles. The van der Waals surface area contributed by atoms with Crippen LogP contribution in [0.2, 0.25) is 0 Å². The topological polar surface area (TPSA) is 42.2 Å². The quantitative estimate of drug-likeness (QED) is 0.789. The van der Waals surface area contributed by atoms with Crippen molar-refractivity contribution in [2.75, 3.05) is 11.9 Å². The normalized spacial score (nSPS) is 15.8. The second-order valence-electron chi connectivity index (χ2n) is 3.95. The second-order valence-corrected chi connectivity index (χ2v) is 4.39. The van der Waals surface area contributed by atoms with E-state index in [9.17, 15) is 0 Å². The number of nitrogens with two attached hydrogens (primary N) is 1. The van der Waals surface area contributed by atoms with Gasteiger partial charge in [0.15, 0.2) is 0 Å². The predicted octanol–water partition coefficient (Wildman–Crippen LogP) is 1.70. The summed E-state index contributed by atoms with van der Waals surface area (Å²) in [5, 5.41) is 0. The van der Waals surface area contributed by atoms with Crippen molar-refractivity contribution in [1.82, 2.24) is 4.98 Å². The predicted molar refractivity (Wildman–Crippen MR) is 66.2 cm³/mol. The molecule has 0 aromatic carbocycles. The molecular formula is C11H15N3S. The fraction of sp³-hybridized carbons (Fsp3) is 0.455. The van der Waals surface area contributed by atoms with Gasteiger partial charge in [-0.05, 0) is 25.3 Å². The molecule has 0 spiro atoms. The summed E-state index contributed by atoms with van der Waals surface area (Å²) in [6, 6.07) is 2.51. The highest BCUT2D eigenvalue weighted by atomic mass is 32.1. The van der Waals surface area contributed by atoms with Crippen molar-refractivity contribution < 1.29 is 0 Å². The van der Waals surface area contributed by atoms with Crippen LogP contribution >= 0.6 is 12.2 Å². The third-order valence-electron chi connectivity index (χ3n) is 3.07. The van der Waals surface area contributed by atoms with Gasteiger partial charge >= 0.3 is 0 Å². The largest absolute Gasteiger partial charge is 0.389 e. The Morgan fingerprint density at radius 2 is 2.33 bits per heavy atom. The van der Waals surface area contributed by atoms with E-state index in [1.54, 1.807) is 6.20 Å². The molecule has 80 valence electrons. The van der Waals surface area contributed by atoms with Gasteiger partial charge in [0.1, 0.15) is 4.99 Å². The minimum atomic E-state index is 0.443. The average Bonchev–Trinajstić information content (AvgIpc) is 2.15. The fourth-order valence-electron chi connectivity index (χ4n) is 1.85. The van der Waals surface area contributed by atoms with Gasteiger partial charge in [0, 0.05) is 24.8 Å². The van der Waals surface area contributed by atoms with Crippen LogP contribution in [0.3, 0.4) is 0 Å². The Balaban J connectivity index is 2.29. The van der Waals surface area contributed by atoms with Crippen molar-refractivity contribution in [3.8, 4) is 0 Å². The van der Waals surface area contributed by atoms with E-state index in [4.69, 9.17) is 18.0 Å². The molecule has 4 heteroatoms. The second kappa shape index (κ2) is 4.14. The van der Waals surface area contributed by atoms with Gasteiger partial charge in [0.25, 0.3) is 0 Å². The molecule has 0 unspecified atom stereocenters. The van der Waals surface area contributed by atoms with Crippen LogP contribution in [0.5, 0.6) is 0 Å². The standard InChI is InChI=1S/C11H15N3S/c1-14(8-3-2-4-8)10-7-13-6-5-9(10)11(12)15/h5-8H,2-4H2,1H3,(H2,12,15). The highest BCUT2D eigenvalue weighted by Gasteiger charge is 2.24. The summed E-state index contributed by atoms with van der Waals surface area (Å²) in [4.78, 5) is 6.82. The number of thiocarbonyl (C=S) groups is 1. The number of hydrogen-bond donors (Lipinski definition) is 1. The van der Waals surface area contributed by atoms with Gasteiger partial charge in [-0.25, -0.2) is 0 Å². The summed E-state index contributed by atoms with van der Waals surface area (Å²) >= 11 is 5.03. The number of anilines is 1. The Morgan fingerprint density at radius 3 is 2.87 bits per heavy atom. The first kappa shape index (κ1) is 10.4. The van der Waals surface area contributed by atoms with Crippen molar-refractivity contribution in [1.29, 1.82) is 0 Å². The molecule has 1 aromatic heterocycles. The van der Waals surface area contributed by atoms with Crippen molar-refractivity contribution in [2.45, 2.75) is 25.3 Å². The average molecular weight is 221 g/mol. The van der Waals surface area contributed by atoms with Gasteiger partial charge in [0.2, 0.25) is 0 Å². The minimum absolute atomic E-state index is 0.443. The van der Waals surface area contributed by atoms with E-state index in [2.05, 4.69) is 16.9 Å². The van der Waals surface area contributed by atoms with Crippen molar-refractivity contribution >= 4 is 22.9 Å². The van der Waals surface area contributed by atoms with Gasteiger partial charge in [0.05, 0.1) is 11.9 Å². The number of rotatable bonds is 3. The number of nitrogens with zero attached hydrogens (tertiary/aromatic N) is 2. The van der Waals surface area contributed by atoms with E-state index in [1.807, 2.05) is 12.3 Å². The zero-order valence-corrected chi connectivity index (χ0v) is 9.63. The summed E-state index contributed by atoms with van der Waals surface area (Å²) in [6.07, 6.45) is 7.39. The van der Waals surface area contributed by atoms with Gasteiger partial charge in [-0.1, -0.05) is 12.2 Å². The van der Waals surface area contributed by atoms with Gasteiger partial charge in [-0.3, -0.25) is 4.98 Å². The summed E-state index contributed by atoms with van der Waals surface area (Å²) in [7, 11) is 2.09. The first-order valence-corrected chi connectivity index (χ1v) is 5.57. The van der Waals surface area contributed by atoms with Gasteiger partial charge in [-0.2, -0.15) is 0 Å². The van der Waals surface area contributed by atoms with Crippen LogP contribution in [-0.4, -0.2) is 23.1 Å². The van der Waals surface area contributed by atoms with E-state index < -0.39 is 0 Å². The molecule has 2 rings (SSSR count). The van der Waals surface area contributed by atoms with Crippen molar-refractivity contribution in [3.63, 3.8) is 0 Å². The highest BCUT2D eigenvalue weighted by Crippen LogP contribution is 2.29. The molecule has 15 heavy (non-hydrogen) atoms. The first-order valence-electron chi connectivity index (χ1n) is 5.17. The van der Waals surface area contributed by atoms with Crippen LogP contribution in [0.25, 0.3) is 0 Å². The Kier molecular flexibility index (Phi) is 2.86. The summed E-state index contributed by atoms with van der Waals surface area (Å²) in [5.41, 5.74) is 7.66. The summed E-state index contributed by atoms with van der Waals surface area (Å²) in [5.74, 6) is 0. The first-order chi connectivity index (χ1) is 7.20. The van der Waals surface area contributed by atoms with E-state index in [-0.39, 0.29) is 0 Å². The molecule has 1 aromatic rings. The highest BCUT2D eigenvalue weighted by molar-refractivity contribution is 7.80. The zero-order valence-electron chi connectivity index (χ0n) is 8.81. The SMILES string of the molecule is CN(c1cnccc1C(N)=S)C1CCC1. The molecule has 0 bridgehead atoms. The van der Waals surface area contributed by atoms with Gasteiger partial charge < -0.3 is 10.6 Å². The molecule has 3 nitrogen and oxygen atoms in total. The molecular weight excluding hydrogens is 206 g/mol. The molecule has 1 fully saturated rings. The minimum Gasteiger partial charge on any atom is -0.389 e. The van der Waals surface area contributed by atoms with E-state index in [0.717, 1.165) is 11.3 Å². The maximum Gasteiger partial charge on any atom is 0.106 e. The number of aromatic nitrogens is 1.